The number of nitrogens with one attached hydrogen (secondary N) is 2. The molecule has 1 heterocycles. The standard InChI is InChI=1S/C22H18Cl2N2O4/c23-14-3-1-13(2-4-14)21(27)17-11-19-20(30-10-9-29-19)12-18(17)26-22(28)25-16-7-5-15(24)6-8-16/h1-8,11-12,21,27H,9-10H2,(H2,25,26,28)/t21-/m0/s1. The van der Waals surface area contributed by atoms with Crippen LogP contribution >= 0.6 is 23.2 Å². The molecule has 3 aromatic rings. The van der Waals surface area contributed by atoms with E-state index in [0.29, 0.717) is 57.3 Å². The van der Waals surface area contributed by atoms with Gasteiger partial charge in [-0.15, -0.1) is 0 Å². The zero-order valence-corrected chi connectivity index (χ0v) is 17.2. The Morgan fingerprint density at radius 1 is 0.867 bits per heavy atom. The van der Waals surface area contributed by atoms with Crippen LogP contribution in [0.2, 0.25) is 10.0 Å². The van der Waals surface area contributed by atoms with E-state index in [1.54, 1.807) is 60.7 Å². The van der Waals surface area contributed by atoms with E-state index < -0.39 is 12.1 Å². The number of amides is 2. The van der Waals surface area contributed by atoms with Crippen molar-refractivity contribution in [3.05, 3.63) is 81.8 Å². The summed E-state index contributed by atoms with van der Waals surface area (Å²) in [7, 11) is 0. The molecule has 0 spiro atoms. The zero-order chi connectivity index (χ0) is 21.1. The van der Waals surface area contributed by atoms with Gasteiger partial charge in [-0.1, -0.05) is 35.3 Å². The number of anilines is 2. The fourth-order valence-corrected chi connectivity index (χ4v) is 3.33. The molecule has 1 aliphatic rings. The van der Waals surface area contributed by atoms with Crippen molar-refractivity contribution in [2.24, 2.45) is 0 Å². The molecule has 2 amide bonds. The van der Waals surface area contributed by atoms with Crippen molar-refractivity contribution in [2.45, 2.75) is 6.10 Å². The molecule has 0 fully saturated rings. The average Bonchev–Trinajstić information content (AvgIpc) is 2.75. The second-order valence-electron chi connectivity index (χ2n) is 6.62. The van der Waals surface area contributed by atoms with Gasteiger partial charge in [0.15, 0.2) is 11.5 Å². The van der Waals surface area contributed by atoms with Crippen LogP contribution in [0.15, 0.2) is 60.7 Å². The van der Waals surface area contributed by atoms with E-state index in [4.69, 9.17) is 32.7 Å². The average molecular weight is 445 g/mol. The Hall–Kier alpha value is -2.93. The highest BCUT2D eigenvalue weighted by molar-refractivity contribution is 6.30. The van der Waals surface area contributed by atoms with E-state index in [-0.39, 0.29) is 0 Å². The summed E-state index contributed by atoms with van der Waals surface area (Å²) in [5, 5.41) is 17.6. The van der Waals surface area contributed by atoms with Crippen LogP contribution in [0.1, 0.15) is 17.2 Å². The van der Waals surface area contributed by atoms with Gasteiger partial charge in [0, 0.05) is 27.4 Å². The van der Waals surface area contributed by atoms with Gasteiger partial charge in [0.2, 0.25) is 0 Å². The third-order valence-electron chi connectivity index (χ3n) is 4.54. The van der Waals surface area contributed by atoms with E-state index >= 15 is 0 Å². The number of aliphatic hydroxyl groups excluding tert-OH is 1. The Morgan fingerprint density at radius 3 is 2.07 bits per heavy atom. The van der Waals surface area contributed by atoms with Crippen LogP contribution in [0.25, 0.3) is 0 Å². The molecule has 0 unspecified atom stereocenters. The molecule has 8 heteroatoms. The quantitative estimate of drug-likeness (QED) is 0.496. The third-order valence-corrected chi connectivity index (χ3v) is 5.05. The van der Waals surface area contributed by atoms with Crippen LogP contribution in [-0.2, 0) is 0 Å². The van der Waals surface area contributed by atoms with E-state index in [2.05, 4.69) is 10.6 Å². The maximum absolute atomic E-state index is 12.6. The summed E-state index contributed by atoms with van der Waals surface area (Å²) >= 11 is 11.8. The SMILES string of the molecule is O=C(Nc1ccc(Cl)cc1)Nc1cc2c(cc1[C@@H](O)c1ccc(Cl)cc1)OCCO2. The van der Waals surface area contributed by atoms with Gasteiger partial charge < -0.3 is 25.2 Å². The summed E-state index contributed by atoms with van der Waals surface area (Å²) in [5.74, 6) is 1.00. The summed E-state index contributed by atoms with van der Waals surface area (Å²) in [4.78, 5) is 12.6. The van der Waals surface area contributed by atoms with Gasteiger partial charge in [-0.2, -0.15) is 0 Å². The van der Waals surface area contributed by atoms with E-state index in [0.717, 1.165) is 0 Å². The first-order valence-corrected chi connectivity index (χ1v) is 9.96. The molecule has 0 aromatic heterocycles. The molecule has 0 aliphatic carbocycles. The number of hydrogen-bond acceptors (Lipinski definition) is 4. The van der Waals surface area contributed by atoms with Crippen LogP contribution in [-0.4, -0.2) is 24.4 Å². The topological polar surface area (TPSA) is 79.8 Å². The predicted octanol–water partition coefficient (Wildman–Crippen LogP) is 5.49. The number of benzene rings is 3. The van der Waals surface area contributed by atoms with Crippen LogP contribution in [0.3, 0.4) is 0 Å². The second-order valence-corrected chi connectivity index (χ2v) is 7.50. The second kappa shape index (κ2) is 8.83. The van der Waals surface area contributed by atoms with E-state index in [1.165, 1.54) is 0 Å². The number of fused-ring (bicyclic) bond motifs is 1. The highest BCUT2D eigenvalue weighted by atomic mass is 35.5. The molecule has 0 saturated carbocycles. The van der Waals surface area contributed by atoms with Gasteiger partial charge in [0.05, 0.1) is 5.69 Å². The van der Waals surface area contributed by atoms with Crippen molar-refractivity contribution in [1.29, 1.82) is 0 Å². The van der Waals surface area contributed by atoms with Crippen molar-refractivity contribution in [2.75, 3.05) is 23.8 Å². The molecule has 154 valence electrons. The number of hydrogen-bond donors (Lipinski definition) is 3. The maximum atomic E-state index is 12.6. The molecule has 6 nitrogen and oxygen atoms in total. The smallest absolute Gasteiger partial charge is 0.323 e. The largest absolute Gasteiger partial charge is 0.486 e. The van der Waals surface area contributed by atoms with Crippen molar-refractivity contribution in [1.82, 2.24) is 0 Å². The third kappa shape index (κ3) is 4.62. The molecule has 3 aromatic carbocycles. The molecule has 1 atom stereocenters. The molecule has 3 N–H and O–H groups in total. The fourth-order valence-electron chi connectivity index (χ4n) is 3.08. The molecule has 1 aliphatic heterocycles. The lowest BCUT2D eigenvalue weighted by molar-refractivity contribution is 0.170. The minimum atomic E-state index is -1.01. The first kappa shape index (κ1) is 20.3. The lowest BCUT2D eigenvalue weighted by Gasteiger charge is -2.23. The minimum Gasteiger partial charge on any atom is -0.486 e. The van der Waals surface area contributed by atoms with Gasteiger partial charge in [0.1, 0.15) is 19.3 Å². The molecule has 0 saturated heterocycles. The van der Waals surface area contributed by atoms with Gasteiger partial charge >= 0.3 is 6.03 Å². The number of aliphatic hydroxyl groups is 1. The van der Waals surface area contributed by atoms with Crippen LogP contribution in [0.4, 0.5) is 16.2 Å². The van der Waals surface area contributed by atoms with E-state index in [9.17, 15) is 9.90 Å². The van der Waals surface area contributed by atoms with Crippen molar-refractivity contribution in [3.8, 4) is 11.5 Å². The Morgan fingerprint density at radius 2 is 1.43 bits per heavy atom. The normalized spacial score (nSPS) is 13.4. The number of ether oxygens (including phenoxy) is 2. The van der Waals surface area contributed by atoms with Crippen molar-refractivity contribution in [3.63, 3.8) is 0 Å². The monoisotopic (exact) mass is 444 g/mol. The van der Waals surface area contributed by atoms with Crippen LogP contribution < -0.4 is 20.1 Å². The van der Waals surface area contributed by atoms with Gasteiger partial charge in [-0.3, -0.25) is 0 Å². The number of halogens is 2. The summed E-state index contributed by atoms with van der Waals surface area (Å²) in [5.41, 5.74) is 2.06. The lowest BCUT2D eigenvalue weighted by atomic mass is 9.99. The summed E-state index contributed by atoms with van der Waals surface area (Å²) < 4.78 is 11.3. The maximum Gasteiger partial charge on any atom is 0.323 e. The Labute approximate surface area is 183 Å². The minimum absolute atomic E-state index is 0.396. The Balaban J connectivity index is 1.63. The molecule has 0 bridgehead atoms. The molecule has 30 heavy (non-hydrogen) atoms. The molecule has 0 radical (unpaired) electrons. The molecular formula is C22H18Cl2N2O4. The van der Waals surface area contributed by atoms with Gasteiger partial charge in [0.25, 0.3) is 0 Å². The number of carbonyl (C=O) groups is 1. The highest BCUT2D eigenvalue weighted by Crippen LogP contribution is 2.40. The van der Waals surface area contributed by atoms with Crippen LogP contribution in [0.5, 0.6) is 11.5 Å². The van der Waals surface area contributed by atoms with E-state index in [1.807, 2.05) is 0 Å². The predicted molar refractivity (Wildman–Crippen MR) is 117 cm³/mol. The van der Waals surface area contributed by atoms with Gasteiger partial charge in [-0.25, -0.2) is 4.79 Å². The summed E-state index contributed by atoms with van der Waals surface area (Å²) in [6, 6.07) is 16.4. The number of rotatable bonds is 4. The summed E-state index contributed by atoms with van der Waals surface area (Å²) in [6.45, 7) is 0.815. The first-order chi connectivity index (χ1) is 14.5. The van der Waals surface area contributed by atoms with Gasteiger partial charge in [-0.05, 0) is 48.0 Å². The Bertz CT molecular complexity index is 1060. The van der Waals surface area contributed by atoms with Crippen LogP contribution in [0, 0.1) is 0 Å². The first-order valence-electron chi connectivity index (χ1n) is 9.20. The van der Waals surface area contributed by atoms with Crippen molar-refractivity contribution < 1.29 is 19.4 Å². The molecular weight excluding hydrogens is 427 g/mol. The summed E-state index contributed by atoms with van der Waals surface area (Å²) in [6.07, 6.45) is -1.01. The lowest BCUT2D eigenvalue weighted by Crippen LogP contribution is -2.22. The highest BCUT2D eigenvalue weighted by Gasteiger charge is 2.22. The zero-order valence-electron chi connectivity index (χ0n) is 15.7. The number of urea groups is 1. The molecule has 4 rings (SSSR count). The fraction of sp³-hybridized carbons (Fsp3) is 0.136. The van der Waals surface area contributed by atoms with Crippen molar-refractivity contribution >= 4 is 40.6 Å². The number of carbonyl (C=O) groups excluding carboxylic acids is 1. The Kier molecular flexibility index (Phi) is 5.99.